The van der Waals surface area contributed by atoms with Gasteiger partial charge in [-0.1, -0.05) is 0 Å². The van der Waals surface area contributed by atoms with E-state index in [-0.39, 0.29) is 5.91 Å². The SMILES string of the molecule is COC1N=C(Br)C=NC1=O. The standard InChI is InChI=1S/C5H5BrN2O2/c1-10-5-4(9)7-2-3(6)8-5/h2,5H,1H3. The van der Waals surface area contributed by atoms with Crippen LogP contribution in [0.5, 0.6) is 0 Å². The van der Waals surface area contributed by atoms with Crippen LogP contribution in [0.3, 0.4) is 0 Å². The molecule has 0 N–H and O–H groups in total. The molecular formula is C5H5BrN2O2. The Morgan fingerprint density at radius 3 is 3.00 bits per heavy atom. The number of nitrogens with zero attached hydrogens (tertiary/aromatic N) is 2. The molecule has 1 heterocycles. The van der Waals surface area contributed by atoms with E-state index in [1.165, 1.54) is 13.3 Å². The summed E-state index contributed by atoms with van der Waals surface area (Å²) in [5, 5.41) is 0. The molecule has 10 heavy (non-hydrogen) atoms. The molecule has 0 aromatic carbocycles. The second-order valence-electron chi connectivity index (χ2n) is 1.64. The Kier molecular flexibility index (Phi) is 2.29. The zero-order valence-corrected chi connectivity index (χ0v) is 6.83. The van der Waals surface area contributed by atoms with Crippen LogP contribution in [0.2, 0.25) is 0 Å². The quantitative estimate of drug-likeness (QED) is 0.620. The topological polar surface area (TPSA) is 51.0 Å². The van der Waals surface area contributed by atoms with Crippen molar-refractivity contribution in [1.29, 1.82) is 0 Å². The third kappa shape index (κ3) is 1.48. The van der Waals surface area contributed by atoms with Gasteiger partial charge in [0, 0.05) is 7.11 Å². The fourth-order valence-electron chi connectivity index (χ4n) is 0.535. The number of hydrogen-bond acceptors (Lipinski definition) is 3. The van der Waals surface area contributed by atoms with Gasteiger partial charge in [-0.25, -0.2) is 9.98 Å². The van der Waals surface area contributed by atoms with Crippen molar-refractivity contribution in [2.24, 2.45) is 9.98 Å². The maximum absolute atomic E-state index is 10.7. The molecule has 0 fully saturated rings. The van der Waals surface area contributed by atoms with E-state index in [2.05, 4.69) is 25.9 Å². The van der Waals surface area contributed by atoms with Gasteiger partial charge in [0.15, 0.2) is 0 Å². The van der Waals surface area contributed by atoms with Gasteiger partial charge in [0.2, 0.25) is 6.23 Å². The summed E-state index contributed by atoms with van der Waals surface area (Å²) >= 11 is 3.07. The molecule has 5 heteroatoms. The van der Waals surface area contributed by atoms with Crippen LogP contribution in [0.1, 0.15) is 0 Å². The van der Waals surface area contributed by atoms with Crippen molar-refractivity contribution in [2.75, 3.05) is 7.11 Å². The van der Waals surface area contributed by atoms with E-state index in [0.717, 1.165) is 0 Å². The number of methoxy groups -OCH3 is 1. The molecule has 0 saturated carbocycles. The largest absolute Gasteiger partial charge is 0.351 e. The van der Waals surface area contributed by atoms with Gasteiger partial charge >= 0.3 is 0 Å². The zero-order chi connectivity index (χ0) is 7.56. The maximum atomic E-state index is 10.7. The van der Waals surface area contributed by atoms with Gasteiger partial charge in [-0.3, -0.25) is 4.79 Å². The van der Waals surface area contributed by atoms with E-state index in [0.29, 0.717) is 4.62 Å². The number of amides is 1. The highest BCUT2D eigenvalue weighted by Gasteiger charge is 2.18. The normalized spacial score (nSPS) is 24.8. The molecule has 1 atom stereocenters. The first-order chi connectivity index (χ1) is 4.74. The van der Waals surface area contributed by atoms with Crippen LogP contribution in [0, 0.1) is 0 Å². The van der Waals surface area contributed by atoms with Crippen molar-refractivity contribution in [2.45, 2.75) is 6.23 Å². The Bertz CT molecular complexity index is 212. The van der Waals surface area contributed by atoms with Crippen LogP contribution in [0.4, 0.5) is 0 Å². The van der Waals surface area contributed by atoms with E-state index >= 15 is 0 Å². The molecule has 1 aliphatic heterocycles. The minimum Gasteiger partial charge on any atom is -0.351 e. The summed E-state index contributed by atoms with van der Waals surface area (Å²) < 4.78 is 5.22. The fraction of sp³-hybridized carbons (Fsp3) is 0.400. The predicted octanol–water partition coefficient (Wildman–Crippen LogP) is 0.363. The highest BCUT2D eigenvalue weighted by atomic mass is 79.9. The monoisotopic (exact) mass is 204 g/mol. The van der Waals surface area contributed by atoms with Crippen molar-refractivity contribution in [3.8, 4) is 0 Å². The highest BCUT2D eigenvalue weighted by Crippen LogP contribution is 2.03. The maximum Gasteiger partial charge on any atom is 0.297 e. The number of carbonyl (C=O) groups excluding carboxylic acids is 1. The van der Waals surface area contributed by atoms with Gasteiger partial charge in [-0.05, 0) is 15.9 Å². The first-order valence-electron chi connectivity index (χ1n) is 2.58. The van der Waals surface area contributed by atoms with Crippen molar-refractivity contribution < 1.29 is 9.53 Å². The van der Waals surface area contributed by atoms with Crippen LogP contribution in [-0.4, -0.2) is 30.1 Å². The number of hydrogen-bond donors (Lipinski definition) is 0. The Hall–Kier alpha value is -0.550. The number of halogens is 1. The van der Waals surface area contributed by atoms with Gasteiger partial charge in [0.25, 0.3) is 5.91 Å². The van der Waals surface area contributed by atoms with Crippen LogP contribution in [0.15, 0.2) is 9.98 Å². The van der Waals surface area contributed by atoms with E-state index in [1.807, 2.05) is 0 Å². The van der Waals surface area contributed by atoms with Gasteiger partial charge in [0.1, 0.15) is 4.62 Å². The molecule has 0 spiro atoms. The predicted molar refractivity (Wildman–Crippen MR) is 40.7 cm³/mol. The molecule has 1 unspecified atom stereocenters. The Balaban J connectivity index is 2.76. The minimum atomic E-state index is -0.764. The lowest BCUT2D eigenvalue weighted by Crippen LogP contribution is -2.23. The Morgan fingerprint density at radius 1 is 1.80 bits per heavy atom. The average molecular weight is 205 g/mol. The van der Waals surface area contributed by atoms with E-state index in [4.69, 9.17) is 4.74 Å². The van der Waals surface area contributed by atoms with Crippen molar-refractivity contribution in [3.05, 3.63) is 0 Å². The molecule has 0 bridgehead atoms. The molecule has 0 aromatic heterocycles. The summed E-state index contributed by atoms with van der Waals surface area (Å²) in [5.41, 5.74) is 0. The summed E-state index contributed by atoms with van der Waals surface area (Å²) in [7, 11) is 1.41. The molecule has 1 rings (SSSR count). The smallest absolute Gasteiger partial charge is 0.297 e. The van der Waals surface area contributed by atoms with Crippen LogP contribution >= 0.6 is 15.9 Å². The number of ether oxygens (including phenoxy) is 1. The first kappa shape index (κ1) is 7.56. The molecule has 4 nitrogen and oxygen atoms in total. The molecular weight excluding hydrogens is 200 g/mol. The summed E-state index contributed by atoms with van der Waals surface area (Å²) in [6, 6.07) is 0. The number of rotatable bonds is 1. The van der Waals surface area contributed by atoms with Crippen molar-refractivity contribution in [1.82, 2.24) is 0 Å². The lowest BCUT2D eigenvalue weighted by molar-refractivity contribution is -0.127. The second kappa shape index (κ2) is 3.03. The van der Waals surface area contributed by atoms with Crippen LogP contribution in [0.25, 0.3) is 0 Å². The van der Waals surface area contributed by atoms with E-state index in [1.54, 1.807) is 0 Å². The Labute approximate surface area is 66.1 Å². The third-order valence-corrected chi connectivity index (χ3v) is 1.38. The summed E-state index contributed by atoms with van der Waals surface area (Å²) in [6.45, 7) is 0. The summed E-state index contributed by atoms with van der Waals surface area (Å²) in [5.74, 6) is -0.370. The number of aliphatic imine (C=N–C) groups is 2. The van der Waals surface area contributed by atoms with Gasteiger partial charge < -0.3 is 4.74 Å². The molecule has 0 radical (unpaired) electrons. The van der Waals surface area contributed by atoms with E-state index < -0.39 is 6.23 Å². The summed E-state index contributed by atoms with van der Waals surface area (Å²) in [6.07, 6.45) is 0.581. The Morgan fingerprint density at radius 2 is 2.50 bits per heavy atom. The lowest BCUT2D eigenvalue weighted by Gasteiger charge is -2.08. The van der Waals surface area contributed by atoms with Gasteiger partial charge in [0.05, 0.1) is 6.21 Å². The first-order valence-corrected chi connectivity index (χ1v) is 3.37. The van der Waals surface area contributed by atoms with Crippen molar-refractivity contribution >= 4 is 32.7 Å². The molecule has 0 saturated heterocycles. The molecule has 0 aliphatic carbocycles. The second-order valence-corrected chi connectivity index (χ2v) is 2.45. The van der Waals surface area contributed by atoms with Gasteiger partial charge in [-0.2, -0.15) is 0 Å². The zero-order valence-electron chi connectivity index (χ0n) is 5.24. The molecule has 0 aromatic rings. The highest BCUT2D eigenvalue weighted by molar-refractivity contribution is 9.19. The third-order valence-electron chi connectivity index (χ3n) is 0.973. The van der Waals surface area contributed by atoms with Crippen LogP contribution < -0.4 is 0 Å². The fourth-order valence-corrected chi connectivity index (χ4v) is 0.823. The van der Waals surface area contributed by atoms with Crippen molar-refractivity contribution in [3.63, 3.8) is 0 Å². The van der Waals surface area contributed by atoms with Gasteiger partial charge in [-0.15, -0.1) is 0 Å². The molecule has 54 valence electrons. The van der Waals surface area contributed by atoms with Crippen LogP contribution in [-0.2, 0) is 9.53 Å². The summed E-state index contributed by atoms with van der Waals surface area (Å²) in [4.78, 5) is 18.0. The minimum absolute atomic E-state index is 0.370. The molecule has 1 amide bonds. The number of carbonyl (C=O) groups is 1. The lowest BCUT2D eigenvalue weighted by atomic mass is 10.5. The molecule has 1 aliphatic rings. The van der Waals surface area contributed by atoms with E-state index in [9.17, 15) is 4.79 Å². The average Bonchev–Trinajstić information content (AvgIpc) is 1.94.